The molecule has 0 radical (unpaired) electrons. The van der Waals surface area contributed by atoms with E-state index in [-0.39, 0.29) is 0 Å². The van der Waals surface area contributed by atoms with Crippen molar-refractivity contribution in [3.05, 3.63) is 63.7 Å². The molecule has 0 saturated heterocycles. The van der Waals surface area contributed by atoms with Crippen LogP contribution >= 0.6 is 27.3 Å². The van der Waals surface area contributed by atoms with E-state index in [1.54, 1.807) is 11.3 Å². The van der Waals surface area contributed by atoms with Crippen LogP contribution in [0, 0.1) is 13.8 Å². The smallest absolute Gasteiger partial charge is 0.187 e. The van der Waals surface area contributed by atoms with Gasteiger partial charge in [0, 0.05) is 21.7 Å². The van der Waals surface area contributed by atoms with Crippen LogP contribution in [0.4, 0.5) is 10.8 Å². The first-order chi connectivity index (χ1) is 11.6. The van der Waals surface area contributed by atoms with Gasteiger partial charge in [-0.05, 0) is 49.7 Å². The number of hydrogen-bond acceptors (Lipinski definition) is 4. The number of anilines is 2. The first-order valence-electron chi connectivity index (χ1n) is 7.54. The van der Waals surface area contributed by atoms with E-state index in [9.17, 15) is 0 Å². The molecule has 3 aromatic heterocycles. The molecule has 6 heteroatoms. The molecule has 4 nitrogen and oxygen atoms in total. The summed E-state index contributed by atoms with van der Waals surface area (Å²) in [4.78, 5) is 9.38. The number of nitrogens with zero attached hydrogens (tertiary/aromatic N) is 3. The van der Waals surface area contributed by atoms with E-state index in [2.05, 4.69) is 55.2 Å². The van der Waals surface area contributed by atoms with Crippen LogP contribution in [0.1, 0.15) is 11.3 Å². The second kappa shape index (κ2) is 6.03. The number of aryl methyl sites for hydroxylation is 2. The molecule has 3 heterocycles. The van der Waals surface area contributed by atoms with Crippen LogP contribution in [0.5, 0.6) is 0 Å². The lowest BCUT2D eigenvalue weighted by Gasteiger charge is -2.03. The average molecular weight is 399 g/mol. The molecule has 0 spiro atoms. The molecule has 4 aromatic rings. The number of pyridine rings is 1. The number of fused-ring (bicyclic) bond motifs is 1. The molecule has 0 aliphatic heterocycles. The molecule has 1 N–H and O–H groups in total. The van der Waals surface area contributed by atoms with Crippen molar-refractivity contribution < 1.29 is 0 Å². The lowest BCUT2D eigenvalue weighted by atomic mass is 10.2. The van der Waals surface area contributed by atoms with Crippen molar-refractivity contribution in [2.45, 2.75) is 13.8 Å². The molecule has 0 bridgehead atoms. The molecular formula is C18H15BrN4S. The Morgan fingerprint density at radius 3 is 2.62 bits per heavy atom. The summed E-state index contributed by atoms with van der Waals surface area (Å²) >= 11 is 5.04. The Morgan fingerprint density at radius 1 is 1.04 bits per heavy atom. The Kier molecular flexibility index (Phi) is 3.86. The number of hydrogen-bond donors (Lipinski definition) is 1. The highest BCUT2D eigenvalue weighted by atomic mass is 79.9. The number of halogens is 1. The number of imidazole rings is 1. The highest BCUT2D eigenvalue weighted by Gasteiger charge is 2.14. The predicted octanol–water partition coefficient (Wildman–Crippen LogP) is 5.58. The minimum atomic E-state index is 0.870. The lowest BCUT2D eigenvalue weighted by molar-refractivity contribution is 1.15. The zero-order valence-corrected chi connectivity index (χ0v) is 15.6. The fourth-order valence-electron chi connectivity index (χ4n) is 2.67. The van der Waals surface area contributed by atoms with Crippen molar-refractivity contribution in [2.24, 2.45) is 0 Å². The van der Waals surface area contributed by atoms with Gasteiger partial charge in [-0.2, -0.15) is 0 Å². The minimum Gasteiger partial charge on any atom is -0.332 e. The van der Waals surface area contributed by atoms with Crippen molar-refractivity contribution in [3.63, 3.8) is 0 Å². The Balaban J connectivity index is 1.71. The predicted molar refractivity (Wildman–Crippen MR) is 103 cm³/mol. The Labute approximate surface area is 152 Å². The van der Waals surface area contributed by atoms with E-state index in [4.69, 9.17) is 4.98 Å². The number of thiazole rings is 1. The highest BCUT2D eigenvalue weighted by Crippen LogP contribution is 2.30. The average Bonchev–Trinajstić information content (AvgIpc) is 3.12. The number of aromatic nitrogens is 3. The Hall–Kier alpha value is -2.18. The third-order valence-electron chi connectivity index (χ3n) is 3.78. The van der Waals surface area contributed by atoms with Crippen molar-refractivity contribution >= 4 is 43.7 Å². The second-order valence-corrected chi connectivity index (χ2v) is 7.42. The summed E-state index contributed by atoms with van der Waals surface area (Å²) in [6.45, 7) is 4.11. The van der Waals surface area contributed by atoms with E-state index < -0.39 is 0 Å². The lowest BCUT2D eigenvalue weighted by Crippen LogP contribution is -1.92. The van der Waals surface area contributed by atoms with E-state index in [0.29, 0.717) is 0 Å². The maximum atomic E-state index is 4.75. The molecule has 0 fully saturated rings. The van der Waals surface area contributed by atoms with Gasteiger partial charge in [0.1, 0.15) is 11.3 Å². The summed E-state index contributed by atoms with van der Waals surface area (Å²) in [5.41, 5.74) is 6.14. The van der Waals surface area contributed by atoms with Crippen molar-refractivity contribution in [2.75, 3.05) is 5.32 Å². The van der Waals surface area contributed by atoms with E-state index in [1.165, 1.54) is 5.56 Å². The summed E-state index contributed by atoms with van der Waals surface area (Å²) in [6.07, 6.45) is 2.10. The number of nitrogens with one attached hydrogen (secondary N) is 1. The van der Waals surface area contributed by atoms with Crippen LogP contribution < -0.4 is 5.32 Å². The van der Waals surface area contributed by atoms with Crippen LogP contribution in [-0.4, -0.2) is 14.4 Å². The summed E-state index contributed by atoms with van der Waals surface area (Å²) in [7, 11) is 0. The highest BCUT2D eigenvalue weighted by molar-refractivity contribution is 9.10. The first-order valence-corrected chi connectivity index (χ1v) is 9.21. The third kappa shape index (κ3) is 2.83. The van der Waals surface area contributed by atoms with Crippen LogP contribution in [-0.2, 0) is 0 Å². The summed E-state index contributed by atoms with van der Waals surface area (Å²) < 4.78 is 3.17. The van der Waals surface area contributed by atoms with Crippen molar-refractivity contribution in [1.29, 1.82) is 0 Å². The molecule has 120 valence electrons. The fraction of sp³-hybridized carbons (Fsp3) is 0.111. The monoisotopic (exact) mass is 398 g/mol. The fourth-order valence-corrected chi connectivity index (χ4v) is 3.65. The molecular weight excluding hydrogens is 384 g/mol. The van der Waals surface area contributed by atoms with Gasteiger partial charge in [-0.15, -0.1) is 11.3 Å². The van der Waals surface area contributed by atoms with Gasteiger partial charge in [0.05, 0.1) is 11.4 Å². The van der Waals surface area contributed by atoms with Crippen LogP contribution in [0.2, 0.25) is 0 Å². The van der Waals surface area contributed by atoms with Crippen LogP contribution in [0.15, 0.2) is 52.4 Å². The standard InChI is InChI=1S/C18H15BrN4S/c1-11-3-8-16-20-12(2)17(23(16)9-11)15-10-24-18(22-15)21-14-6-4-13(19)5-7-14/h3-10H,1-2H3,(H,21,22). The molecule has 0 aliphatic carbocycles. The van der Waals surface area contributed by atoms with E-state index in [1.807, 2.05) is 37.3 Å². The molecule has 4 rings (SSSR count). The van der Waals surface area contributed by atoms with Gasteiger partial charge in [0.15, 0.2) is 5.13 Å². The topological polar surface area (TPSA) is 42.2 Å². The van der Waals surface area contributed by atoms with E-state index >= 15 is 0 Å². The van der Waals surface area contributed by atoms with E-state index in [0.717, 1.165) is 38.0 Å². The maximum absolute atomic E-state index is 4.75. The minimum absolute atomic E-state index is 0.870. The quantitative estimate of drug-likeness (QED) is 0.489. The molecule has 1 aromatic carbocycles. The van der Waals surface area contributed by atoms with Gasteiger partial charge < -0.3 is 5.32 Å². The maximum Gasteiger partial charge on any atom is 0.187 e. The van der Waals surface area contributed by atoms with Gasteiger partial charge in [-0.25, -0.2) is 9.97 Å². The molecule has 0 atom stereocenters. The van der Waals surface area contributed by atoms with Gasteiger partial charge in [-0.3, -0.25) is 4.40 Å². The zero-order valence-electron chi connectivity index (χ0n) is 13.2. The van der Waals surface area contributed by atoms with Crippen molar-refractivity contribution in [1.82, 2.24) is 14.4 Å². The summed E-state index contributed by atoms with van der Waals surface area (Å²) in [5, 5.41) is 6.29. The third-order valence-corrected chi connectivity index (χ3v) is 5.07. The molecule has 0 saturated carbocycles. The molecule has 0 unspecified atom stereocenters. The largest absolute Gasteiger partial charge is 0.332 e. The Morgan fingerprint density at radius 2 is 1.83 bits per heavy atom. The van der Waals surface area contributed by atoms with Crippen LogP contribution in [0.25, 0.3) is 17.0 Å². The number of rotatable bonds is 3. The molecule has 0 amide bonds. The number of benzene rings is 1. The summed E-state index contributed by atoms with van der Waals surface area (Å²) in [5.74, 6) is 0. The first kappa shape index (κ1) is 15.4. The molecule has 0 aliphatic rings. The SMILES string of the molecule is Cc1ccc2nc(C)c(-c3csc(Nc4ccc(Br)cc4)n3)n2c1. The van der Waals surface area contributed by atoms with Crippen molar-refractivity contribution in [3.8, 4) is 11.4 Å². The molecule has 24 heavy (non-hydrogen) atoms. The normalized spacial score (nSPS) is 11.1. The zero-order chi connectivity index (χ0) is 16.7. The van der Waals surface area contributed by atoms with Gasteiger partial charge >= 0.3 is 0 Å². The van der Waals surface area contributed by atoms with Gasteiger partial charge in [0.2, 0.25) is 0 Å². The second-order valence-electron chi connectivity index (χ2n) is 5.65. The van der Waals surface area contributed by atoms with Gasteiger partial charge in [-0.1, -0.05) is 22.0 Å². The Bertz CT molecular complexity index is 1020. The van der Waals surface area contributed by atoms with Crippen LogP contribution in [0.3, 0.4) is 0 Å². The summed E-state index contributed by atoms with van der Waals surface area (Å²) in [6, 6.07) is 12.2. The van der Waals surface area contributed by atoms with Gasteiger partial charge in [0.25, 0.3) is 0 Å².